The average molecular weight is 473 g/mol. The van der Waals surface area contributed by atoms with Gasteiger partial charge < -0.3 is 10.2 Å². The first-order valence-electron chi connectivity index (χ1n) is 11.5. The van der Waals surface area contributed by atoms with Crippen molar-refractivity contribution in [1.29, 1.82) is 0 Å². The largest absolute Gasteiger partial charge is 0.352 e. The molecule has 1 N–H and O–H groups in total. The van der Waals surface area contributed by atoms with Crippen molar-refractivity contribution in [2.24, 2.45) is 0 Å². The van der Waals surface area contributed by atoms with Crippen molar-refractivity contribution in [3.63, 3.8) is 0 Å². The van der Waals surface area contributed by atoms with Crippen LogP contribution < -0.4 is 5.32 Å². The Morgan fingerprint density at radius 3 is 2.47 bits per heavy atom. The SMILES string of the molecule is CC(C(=O)NC1CCCCC1)N(Cc1ccccc1Cl)C(=O)CCSCc1ccccc1. The highest BCUT2D eigenvalue weighted by atomic mass is 35.5. The molecule has 32 heavy (non-hydrogen) atoms. The van der Waals surface area contributed by atoms with Gasteiger partial charge in [0.15, 0.2) is 0 Å². The third kappa shape index (κ3) is 7.56. The Morgan fingerprint density at radius 1 is 1.06 bits per heavy atom. The molecule has 1 unspecified atom stereocenters. The third-order valence-corrected chi connectivity index (χ3v) is 7.39. The molecule has 4 nitrogen and oxygen atoms in total. The zero-order valence-corrected chi connectivity index (χ0v) is 20.3. The molecule has 6 heteroatoms. The van der Waals surface area contributed by atoms with Gasteiger partial charge in [-0.25, -0.2) is 0 Å². The number of halogens is 1. The van der Waals surface area contributed by atoms with Gasteiger partial charge >= 0.3 is 0 Å². The lowest BCUT2D eigenvalue weighted by molar-refractivity contribution is -0.140. The number of hydrogen-bond acceptors (Lipinski definition) is 3. The molecule has 0 radical (unpaired) electrons. The molecule has 0 heterocycles. The number of carbonyl (C=O) groups excluding carboxylic acids is 2. The van der Waals surface area contributed by atoms with Gasteiger partial charge in [-0.1, -0.05) is 79.4 Å². The van der Waals surface area contributed by atoms with Crippen molar-refractivity contribution in [2.45, 2.75) is 69.8 Å². The van der Waals surface area contributed by atoms with Gasteiger partial charge in [-0.15, -0.1) is 0 Å². The Labute approximate surface area is 201 Å². The fourth-order valence-corrected chi connectivity index (χ4v) is 5.12. The van der Waals surface area contributed by atoms with Crippen LogP contribution in [0.1, 0.15) is 56.6 Å². The van der Waals surface area contributed by atoms with E-state index in [0.717, 1.165) is 37.0 Å². The van der Waals surface area contributed by atoms with Crippen LogP contribution in [0.15, 0.2) is 54.6 Å². The third-order valence-electron chi connectivity index (χ3n) is 5.99. The van der Waals surface area contributed by atoms with Crippen LogP contribution in [0, 0.1) is 0 Å². The van der Waals surface area contributed by atoms with Gasteiger partial charge in [0.25, 0.3) is 0 Å². The van der Waals surface area contributed by atoms with Crippen LogP contribution in [0.25, 0.3) is 0 Å². The summed E-state index contributed by atoms with van der Waals surface area (Å²) in [5.41, 5.74) is 2.11. The van der Waals surface area contributed by atoms with E-state index in [4.69, 9.17) is 11.6 Å². The van der Waals surface area contributed by atoms with Gasteiger partial charge in [0, 0.05) is 35.5 Å². The lowest BCUT2D eigenvalue weighted by Gasteiger charge is -2.31. The second kappa shape index (κ2) is 12.9. The maximum absolute atomic E-state index is 13.2. The molecule has 0 spiro atoms. The zero-order chi connectivity index (χ0) is 22.8. The van der Waals surface area contributed by atoms with E-state index in [0.29, 0.717) is 23.7 Å². The minimum Gasteiger partial charge on any atom is -0.352 e. The molecule has 0 aliphatic heterocycles. The summed E-state index contributed by atoms with van der Waals surface area (Å²) < 4.78 is 0. The van der Waals surface area contributed by atoms with Crippen molar-refractivity contribution in [2.75, 3.05) is 5.75 Å². The lowest BCUT2D eigenvalue weighted by Crippen LogP contribution is -2.50. The first kappa shape index (κ1) is 24.7. The number of nitrogens with one attached hydrogen (secondary N) is 1. The van der Waals surface area contributed by atoms with Crippen molar-refractivity contribution in [3.8, 4) is 0 Å². The fraction of sp³-hybridized carbons (Fsp3) is 0.462. The van der Waals surface area contributed by atoms with Crippen molar-refractivity contribution >= 4 is 35.2 Å². The van der Waals surface area contributed by atoms with Crippen molar-refractivity contribution in [1.82, 2.24) is 10.2 Å². The van der Waals surface area contributed by atoms with Crippen LogP contribution >= 0.6 is 23.4 Å². The molecule has 0 saturated heterocycles. The van der Waals surface area contributed by atoms with Crippen LogP contribution in [0.2, 0.25) is 5.02 Å². The number of hydrogen-bond donors (Lipinski definition) is 1. The Hall–Kier alpha value is -1.98. The Balaban J connectivity index is 1.61. The van der Waals surface area contributed by atoms with Crippen LogP contribution in [0.3, 0.4) is 0 Å². The van der Waals surface area contributed by atoms with Crippen molar-refractivity contribution < 1.29 is 9.59 Å². The minimum atomic E-state index is -0.542. The molecule has 2 aromatic carbocycles. The van der Waals surface area contributed by atoms with E-state index in [2.05, 4.69) is 17.4 Å². The summed E-state index contributed by atoms with van der Waals surface area (Å²) >= 11 is 8.10. The lowest BCUT2D eigenvalue weighted by atomic mass is 9.95. The highest BCUT2D eigenvalue weighted by Crippen LogP contribution is 2.21. The molecule has 1 fully saturated rings. The number of benzene rings is 2. The standard InChI is InChI=1S/C26H33ClN2O2S/c1-20(26(31)28-23-13-6-3-7-14-23)29(18-22-12-8-9-15-24(22)27)25(30)16-17-32-19-21-10-4-2-5-11-21/h2,4-5,8-12,15,20,23H,3,6-7,13-14,16-19H2,1H3,(H,28,31). The van der Waals surface area contributed by atoms with E-state index in [9.17, 15) is 9.59 Å². The van der Waals surface area contributed by atoms with Crippen LogP contribution in [-0.4, -0.2) is 34.6 Å². The summed E-state index contributed by atoms with van der Waals surface area (Å²) in [5, 5.41) is 3.79. The summed E-state index contributed by atoms with van der Waals surface area (Å²) in [6.07, 6.45) is 5.98. The number of rotatable bonds is 10. The summed E-state index contributed by atoms with van der Waals surface area (Å²) in [5.74, 6) is 1.49. The van der Waals surface area contributed by atoms with Gasteiger partial charge in [-0.05, 0) is 37.0 Å². The van der Waals surface area contributed by atoms with E-state index in [1.807, 2.05) is 49.4 Å². The number of nitrogens with zero attached hydrogens (tertiary/aromatic N) is 1. The highest BCUT2D eigenvalue weighted by Gasteiger charge is 2.28. The molecular formula is C26H33ClN2O2S. The molecular weight excluding hydrogens is 440 g/mol. The van der Waals surface area contributed by atoms with Gasteiger partial charge in [0.05, 0.1) is 0 Å². The second-order valence-corrected chi connectivity index (χ2v) is 9.93. The fourth-order valence-electron chi connectivity index (χ4n) is 4.03. The zero-order valence-electron chi connectivity index (χ0n) is 18.8. The van der Waals surface area contributed by atoms with E-state index in [1.54, 1.807) is 16.7 Å². The van der Waals surface area contributed by atoms with E-state index >= 15 is 0 Å². The molecule has 1 saturated carbocycles. The van der Waals surface area contributed by atoms with Gasteiger partial charge in [-0.2, -0.15) is 11.8 Å². The summed E-state index contributed by atoms with van der Waals surface area (Å²) in [7, 11) is 0. The molecule has 3 rings (SSSR count). The molecule has 1 aliphatic carbocycles. The monoisotopic (exact) mass is 472 g/mol. The molecule has 1 atom stereocenters. The Bertz CT molecular complexity index is 871. The second-order valence-electron chi connectivity index (χ2n) is 8.42. The maximum atomic E-state index is 13.2. The topological polar surface area (TPSA) is 49.4 Å². The quantitative estimate of drug-likeness (QED) is 0.442. The van der Waals surface area contributed by atoms with Gasteiger partial charge in [0.2, 0.25) is 11.8 Å². The number of thioether (sulfide) groups is 1. The summed E-state index contributed by atoms with van der Waals surface area (Å²) in [6.45, 7) is 2.16. The number of amides is 2. The minimum absolute atomic E-state index is 0.0169. The first-order valence-corrected chi connectivity index (χ1v) is 13.0. The Morgan fingerprint density at radius 2 is 1.75 bits per heavy atom. The van der Waals surface area contributed by atoms with E-state index < -0.39 is 6.04 Å². The number of carbonyl (C=O) groups is 2. The summed E-state index contributed by atoms with van der Waals surface area (Å²) in [4.78, 5) is 27.9. The van der Waals surface area contributed by atoms with Gasteiger partial charge in [-0.3, -0.25) is 9.59 Å². The van der Waals surface area contributed by atoms with Gasteiger partial charge in [0.1, 0.15) is 6.04 Å². The normalized spacial score (nSPS) is 15.2. The molecule has 1 aliphatic rings. The average Bonchev–Trinajstić information content (AvgIpc) is 2.82. The highest BCUT2D eigenvalue weighted by molar-refractivity contribution is 7.98. The van der Waals surface area contributed by atoms with Crippen LogP contribution in [0.5, 0.6) is 0 Å². The first-order chi connectivity index (χ1) is 15.5. The molecule has 172 valence electrons. The Kier molecular flexibility index (Phi) is 9.94. The predicted molar refractivity (Wildman–Crippen MR) is 134 cm³/mol. The summed E-state index contributed by atoms with van der Waals surface area (Å²) in [6, 6.07) is 17.4. The van der Waals surface area contributed by atoms with Crippen LogP contribution in [-0.2, 0) is 21.9 Å². The van der Waals surface area contributed by atoms with Crippen LogP contribution in [0.4, 0.5) is 0 Å². The molecule has 2 aromatic rings. The smallest absolute Gasteiger partial charge is 0.242 e. The van der Waals surface area contributed by atoms with E-state index in [-0.39, 0.29) is 17.9 Å². The molecule has 2 amide bonds. The molecule has 0 aromatic heterocycles. The maximum Gasteiger partial charge on any atom is 0.242 e. The van der Waals surface area contributed by atoms with E-state index in [1.165, 1.54) is 12.0 Å². The van der Waals surface area contributed by atoms with Crippen molar-refractivity contribution in [3.05, 3.63) is 70.7 Å². The predicted octanol–water partition coefficient (Wildman–Crippen LogP) is 5.83. The molecule has 0 bridgehead atoms.